The van der Waals surface area contributed by atoms with Gasteiger partial charge >= 0.3 is 0 Å². The number of rotatable bonds is 6. The molecule has 0 radical (unpaired) electrons. The minimum Gasteiger partial charge on any atom is -0.394 e. The van der Waals surface area contributed by atoms with E-state index in [2.05, 4.69) is 10.3 Å². The number of hydrogen-bond donors (Lipinski definition) is 5. The van der Waals surface area contributed by atoms with Gasteiger partial charge in [0.1, 0.15) is 29.3 Å². The molecule has 0 unspecified atom stereocenters. The van der Waals surface area contributed by atoms with Gasteiger partial charge in [-0.05, 0) is 18.2 Å². The first-order valence-corrected chi connectivity index (χ1v) is 10.7. The topological polar surface area (TPSA) is 193 Å². The zero-order valence-electron chi connectivity index (χ0n) is 15.9. The Kier molecular flexibility index (Phi) is 5.78. The second kappa shape index (κ2) is 8.23. The van der Waals surface area contributed by atoms with Gasteiger partial charge in [-0.3, -0.25) is 4.79 Å². The van der Waals surface area contributed by atoms with Crippen LogP contribution in [0, 0.1) is 0 Å². The van der Waals surface area contributed by atoms with Gasteiger partial charge in [-0.2, -0.15) is 0 Å². The fourth-order valence-electron chi connectivity index (χ4n) is 3.32. The molecule has 1 saturated heterocycles. The van der Waals surface area contributed by atoms with E-state index in [1.54, 1.807) is 0 Å². The van der Waals surface area contributed by atoms with Crippen molar-refractivity contribution in [1.82, 2.24) is 19.7 Å². The minimum atomic E-state index is -3.90. The standard InChI is InChI=1S/C17H20N4O9S/c22-7-11-13(23)14(24)15(25)17(30-11)29-4-3-8-6-21(20-18-8)9-1-2-10-12(5-9)31(27,28)19-16(10)26/h1-2,5-6,11,13-15,17,22-25H,3-4,7H2,(H,19,26)/t11-,13+,14-,15-,17-/m0/s1. The molecule has 5 N–H and O–H groups in total. The molecule has 0 bridgehead atoms. The first-order valence-electron chi connectivity index (χ1n) is 9.26. The largest absolute Gasteiger partial charge is 0.394 e. The molecule has 4 rings (SSSR count). The summed E-state index contributed by atoms with van der Waals surface area (Å²) in [6.07, 6.45) is -5.05. The minimum absolute atomic E-state index is 0.0123. The molecule has 168 valence electrons. The monoisotopic (exact) mass is 456 g/mol. The van der Waals surface area contributed by atoms with Crippen LogP contribution in [0.3, 0.4) is 0 Å². The second-order valence-electron chi connectivity index (χ2n) is 7.09. The molecule has 14 heteroatoms. The van der Waals surface area contributed by atoms with Gasteiger partial charge in [0.2, 0.25) is 0 Å². The molecule has 1 aromatic heterocycles. The molecule has 31 heavy (non-hydrogen) atoms. The number of aliphatic hydroxyl groups is 4. The first-order chi connectivity index (χ1) is 14.7. The van der Waals surface area contributed by atoms with Crippen LogP contribution in [0.1, 0.15) is 16.1 Å². The zero-order valence-corrected chi connectivity index (χ0v) is 16.7. The average Bonchev–Trinajstić information content (AvgIpc) is 3.30. The number of nitrogens with one attached hydrogen (secondary N) is 1. The number of aliphatic hydroxyl groups excluding tert-OH is 4. The van der Waals surface area contributed by atoms with E-state index in [-0.39, 0.29) is 23.5 Å². The Morgan fingerprint density at radius 1 is 1.19 bits per heavy atom. The third-order valence-electron chi connectivity index (χ3n) is 5.02. The molecule has 2 aliphatic rings. The Balaban J connectivity index is 1.40. The Morgan fingerprint density at radius 2 is 1.97 bits per heavy atom. The quantitative estimate of drug-likeness (QED) is 0.298. The van der Waals surface area contributed by atoms with Crippen molar-refractivity contribution in [3.63, 3.8) is 0 Å². The molecule has 1 aromatic carbocycles. The van der Waals surface area contributed by atoms with Crippen LogP contribution < -0.4 is 4.72 Å². The summed E-state index contributed by atoms with van der Waals surface area (Å²) in [6, 6.07) is 4.22. The van der Waals surface area contributed by atoms with Gasteiger partial charge in [-0.25, -0.2) is 17.8 Å². The Hall–Kier alpha value is -2.46. The lowest BCUT2D eigenvalue weighted by molar-refractivity contribution is -0.300. The first kappa shape index (κ1) is 21.8. The number of carbonyl (C=O) groups is 1. The van der Waals surface area contributed by atoms with E-state index in [4.69, 9.17) is 9.47 Å². The third-order valence-corrected chi connectivity index (χ3v) is 6.39. The molecular weight excluding hydrogens is 436 g/mol. The van der Waals surface area contributed by atoms with Crippen molar-refractivity contribution < 1.29 is 43.1 Å². The highest BCUT2D eigenvalue weighted by Crippen LogP contribution is 2.25. The van der Waals surface area contributed by atoms with Crippen LogP contribution in [0.15, 0.2) is 29.3 Å². The van der Waals surface area contributed by atoms with Gasteiger partial charge in [-0.1, -0.05) is 5.21 Å². The van der Waals surface area contributed by atoms with Crippen molar-refractivity contribution in [3.8, 4) is 5.69 Å². The van der Waals surface area contributed by atoms with E-state index in [1.165, 1.54) is 29.1 Å². The van der Waals surface area contributed by atoms with E-state index in [0.29, 0.717) is 11.4 Å². The molecule has 0 aliphatic carbocycles. The Morgan fingerprint density at radius 3 is 2.71 bits per heavy atom. The van der Waals surface area contributed by atoms with Crippen LogP contribution in [-0.2, 0) is 25.9 Å². The van der Waals surface area contributed by atoms with Crippen LogP contribution in [0.5, 0.6) is 0 Å². The smallest absolute Gasteiger partial charge is 0.266 e. The van der Waals surface area contributed by atoms with E-state index in [9.17, 15) is 33.6 Å². The maximum absolute atomic E-state index is 12.0. The number of hydrogen-bond acceptors (Lipinski definition) is 11. The van der Waals surface area contributed by atoms with Crippen molar-refractivity contribution in [2.24, 2.45) is 0 Å². The molecule has 5 atom stereocenters. The maximum Gasteiger partial charge on any atom is 0.266 e. The molecule has 0 spiro atoms. The summed E-state index contributed by atoms with van der Waals surface area (Å²) >= 11 is 0. The maximum atomic E-state index is 12.0. The highest BCUT2D eigenvalue weighted by Gasteiger charge is 2.44. The number of amides is 1. The summed E-state index contributed by atoms with van der Waals surface area (Å²) in [4.78, 5) is 11.5. The number of benzene rings is 1. The lowest BCUT2D eigenvalue weighted by Gasteiger charge is -2.39. The summed E-state index contributed by atoms with van der Waals surface area (Å²) < 4.78 is 37.9. The SMILES string of the molecule is O=C1NS(=O)(=O)c2cc(-n3cc(CCO[C@H]4O[C@@H](CO)[C@@H](O)[C@H](O)[C@@H]4O)nn3)ccc21. The summed E-state index contributed by atoms with van der Waals surface area (Å²) in [5, 5.41) is 46.6. The summed E-state index contributed by atoms with van der Waals surface area (Å²) in [6.45, 7) is -0.547. The van der Waals surface area contributed by atoms with Gasteiger partial charge in [-0.15, -0.1) is 5.10 Å². The van der Waals surface area contributed by atoms with Crippen LogP contribution in [0.25, 0.3) is 5.69 Å². The number of sulfonamides is 1. The molecule has 3 heterocycles. The second-order valence-corrected chi connectivity index (χ2v) is 8.74. The van der Waals surface area contributed by atoms with Crippen LogP contribution in [0.4, 0.5) is 0 Å². The fourth-order valence-corrected chi connectivity index (χ4v) is 4.51. The van der Waals surface area contributed by atoms with Gasteiger partial charge in [0.15, 0.2) is 6.29 Å². The molecular formula is C17H20N4O9S. The summed E-state index contributed by atoms with van der Waals surface area (Å²) in [5.74, 6) is -0.689. The number of carbonyl (C=O) groups excluding carboxylic acids is 1. The predicted molar refractivity (Wildman–Crippen MR) is 99.4 cm³/mol. The fraction of sp³-hybridized carbons (Fsp3) is 0.471. The van der Waals surface area contributed by atoms with E-state index < -0.39 is 53.2 Å². The van der Waals surface area contributed by atoms with Gasteiger partial charge in [0.25, 0.3) is 15.9 Å². The molecule has 2 aliphatic heterocycles. The van der Waals surface area contributed by atoms with Crippen molar-refractivity contribution in [3.05, 3.63) is 35.7 Å². The molecule has 1 fully saturated rings. The van der Waals surface area contributed by atoms with Crippen molar-refractivity contribution in [2.75, 3.05) is 13.2 Å². The Bertz CT molecular complexity index is 1090. The highest BCUT2D eigenvalue weighted by molar-refractivity contribution is 7.90. The van der Waals surface area contributed by atoms with Crippen molar-refractivity contribution >= 4 is 15.9 Å². The highest BCUT2D eigenvalue weighted by atomic mass is 32.2. The van der Waals surface area contributed by atoms with E-state index in [1.807, 2.05) is 4.72 Å². The average molecular weight is 456 g/mol. The molecule has 13 nitrogen and oxygen atoms in total. The normalized spacial score (nSPS) is 29.5. The number of fused-ring (bicyclic) bond motifs is 1. The lowest BCUT2D eigenvalue weighted by Crippen LogP contribution is -2.59. The van der Waals surface area contributed by atoms with Gasteiger partial charge in [0, 0.05) is 6.42 Å². The molecule has 0 saturated carbocycles. The van der Waals surface area contributed by atoms with Crippen LogP contribution in [0.2, 0.25) is 0 Å². The molecule has 1 amide bonds. The summed E-state index contributed by atoms with van der Waals surface area (Å²) in [5.41, 5.74) is 0.909. The third kappa shape index (κ3) is 4.06. The predicted octanol–water partition coefficient (Wildman–Crippen LogP) is -2.94. The number of nitrogens with zero attached hydrogens (tertiary/aromatic N) is 3. The van der Waals surface area contributed by atoms with Crippen molar-refractivity contribution in [2.45, 2.75) is 42.0 Å². The van der Waals surface area contributed by atoms with Crippen LogP contribution >= 0.6 is 0 Å². The van der Waals surface area contributed by atoms with Gasteiger partial charge in [0.05, 0.1) is 36.4 Å². The van der Waals surface area contributed by atoms with E-state index in [0.717, 1.165) is 0 Å². The lowest BCUT2D eigenvalue weighted by atomic mass is 9.99. The van der Waals surface area contributed by atoms with Gasteiger partial charge < -0.3 is 29.9 Å². The van der Waals surface area contributed by atoms with E-state index >= 15 is 0 Å². The number of aromatic nitrogens is 3. The summed E-state index contributed by atoms with van der Waals surface area (Å²) in [7, 11) is -3.90. The Labute approximate surface area is 175 Å². The zero-order chi connectivity index (χ0) is 22.3. The number of ether oxygens (including phenoxy) is 2. The van der Waals surface area contributed by atoms with Crippen LogP contribution in [-0.4, -0.2) is 93.7 Å². The molecule has 2 aromatic rings. The van der Waals surface area contributed by atoms with Crippen molar-refractivity contribution in [1.29, 1.82) is 0 Å².